The number of piperidine rings is 1. The van der Waals surface area contributed by atoms with Gasteiger partial charge in [-0.3, -0.25) is 4.90 Å². The van der Waals surface area contributed by atoms with Crippen LogP contribution in [0.25, 0.3) is 10.8 Å². The molecule has 1 fully saturated rings. The smallest absolute Gasteiger partial charge is 0.119 e. The molecule has 4 nitrogen and oxygen atoms in total. The maximum Gasteiger partial charge on any atom is 0.119 e. The maximum atomic E-state index is 9.98. The Morgan fingerprint density at radius 1 is 0.912 bits per heavy atom. The van der Waals surface area contributed by atoms with Gasteiger partial charge < -0.3 is 14.7 Å². The second-order valence-corrected chi connectivity index (χ2v) is 10.1. The van der Waals surface area contributed by atoms with Crippen LogP contribution >= 0.6 is 0 Å². The van der Waals surface area contributed by atoms with E-state index in [0.717, 1.165) is 44.6 Å². The molecule has 0 spiro atoms. The van der Waals surface area contributed by atoms with E-state index >= 15 is 0 Å². The first-order valence-corrected chi connectivity index (χ1v) is 12.8. The zero-order chi connectivity index (χ0) is 24.1. The maximum absolute atomic E-state index is 9.98. The molecule has 1 aliphatic heterocycles. The van der Waals surface area contributed by atoms with E-state index in [4.69, 9.17) is 4.74 Å². The minimum absolute atomic E-state index is 0.166. The summed E-state index contributed by atoms with van der Waals surface area (Å²) in [5.74, 6) is 0.930. The normalized spacial score (nSPS) is 15.1. The lowest BCUT2D eigenvalue weighted by Gasteiger charge is -2.33. The van der Waals surface area contributed by atoms with Crippen molar-refractivity contribution >= 4 is 16.5 Å². The van der Waals surface area contributed by atoms with Crippen LogP contribution in [-0.2, 0) is 6.42 Å². The van der Waals surface area contributed by atoms with Crippen molar-refractivity contribution < 1.29 is 9.84 Å². The molecule has 34 heavy (non-hydrogen) atoms. The van der Waals surface area contributed by atoms with Gasteiger partial charge in [-0.15, -0.1) is 0 Å². The monoisotopic (exact) mass is 460 g/mol. The summed E-state index contributed by atoms with van der Waals surface area (Å²) < 4.78 is 6.07. The fourth-order valence-corrected chi connectivity index (χ4v) is 5.20. The number of aliphatic hydroxyl groups is 1. The predicted octanol–water partition coefficient (Wildman–Crippen LogP) is 5.89. The summed E-state index contributed by atoms with van der Waals surface area (Å²) >= 11 is 0. The lowest BCUT2D eigenvalue weighted by Crippen LogP contribution is -2.39. The number of anilines is 1. The molecule has 1 saturated heterocycles. The zero-order valence-electron chi connectivity index (χ0n) is 21.2. The molecule has 3 aromatic carbocycles. The Balaban J connectivity index is 1.49. The third-order valence-corrected chi connectivity index (χ3v) is 7.07. The van der Waals surface area contributed by atoms with Gasteiger partial charge in [-0.2, -0.15) is 0 Å². The number of hydrogen-bond acceptors (Lipinski definition) is 4. The molecule has 0 amide bonds. The third-order valence-electron chi connectivity index (χ3n) is 7.07. The van der Waals surface area contributed by atoms with Crippen LogP contribution < -0.4 is 9.64 Å². The second kappa shape index (κ2) is 11.2. The molecule has 1 heterocycles. The summed E-state index contributed by atoms with van der Waals surface area (Å²) in [6, 6.07) is 22.8. The van der Waals surface area contributed by atoms with E-state index < -0.39 is 0 Å². The van der Waals surface area contributed by atoms with Gasteiger partial charge in [0, 0.05) is 43.8 Å². The summed E-state index contributed by atoms with van der Waals surface area (Å²) in [7, 11) is 0. The summed E-state index contributed by atoms with van der Waals surface area (Å²) in [6.07, 6.45) is 2.39. The Morgan fingerprint density at radius 3 is 2.26 bits per heavy atom. The van der Waals surface area contributed by atoms with E-state index in [2.05, 4.69) is 98.2 Å². The number of fused-ring (bicyclic) bond motifs is 1. The van der Waals surface area contributed by atoms with Crippen molar-refractivity contribution in [3.8, 4) is 5.75 Å². The van der Waals surface area contributed by atoms with Crippen molar-refractivity contribution in [3.05, 3.63) is 71.8 Å². The summed E-state index contributed by atoms with van der Waals surface area (Å²) in [4.78, 5) is 4.90. The average molecular weight is 461 g/mol. The van der Waals surface area contributed by atoms with Crippen molar-refractivity contribution in [3.63, 3.8) is 0 Å². The van der Waals surface area contributed by atoms with Crippen LogP contribution in [0.1, 0.15) is 51.7 Å². The van der Waals surface area contributed by atoms with Gasteiger partial charge in [-0.25, -0.2) is 0 Å². The molecule has 0 saturated carbocycles. The van der Waals surface area contributed by atoms with E-state index in [1.165, 1.54) is 27.6 Å². The van der Waals surface area contributed by atoms with Gasteiger partial charge in [0.25, 0.3) is 0 Å². The molecule has 0 unspecified atom stereocenters. The van der Waals surface area contributed by atoms with Crippen molar-refractivity contribution in [2.75, 3.05) is 31.1 Å². The minimum Gasteiger partial charge on any atom is -0.492 e. The molecule has 182 valence electrons. The predicted molar refractivity (Wildman–Crippen MR) is 143 cm³/mol. The van der Waals surface area contributed by atoms with Crippen LogP contribution in [-0.4, -0.2) is 54.4 Å². The van der Waals surface area contributed by atoms with Crippen LogP contribution in [0.3, 0.4) is 0 Å². The second-order valence-electron chi connectivity index (χ2n) is 10.1. The van der Waals surface area contributed by atoms with Gasteiger partial charge in [0.2, 0.25) is 0 Å². The van der Waals surface area contributed by atoms with E-state index in [1.807, 2.05) is 0 Å². The fourth-order valence-electron chi connectivity index (χ4n) is 5.20. The largest absolute Gasteiger partial charge is 0.492 e. The lowest BCUT2D eigenvalue weighted by atomic mass is 9.95. The quantitative estimate of drug-likeness (QED) is 0.432. The summed E-state index contributed by atoms with van der Waals surface area (Å²) in [6.45, 7) is 12.4. The SMILES string of the molecule is CC(C)N(CCOc1ccc(Cc2c(N3CCC(O)CC3)ccc3ccccc23)cc1)C(C)C. The molecule has 4 heteroatoms. The number of rotatable bonds is 9. The van der Waals surface area contributed by atoms with Crippen molar-refractivity contribution in [2.24, 2.45) is 0 Å². The van der Waals surface area contributed by atoms with Crippen molar-refractivity contribution in [1.82, 2.24) is 4.90 Å². The van der Waals surface area contributed by atoms with Crippen molar-refractivity contribution in [2.45, 2.75) is 65.1 Å². The van der Waals surface area contributed by atoms with E-state index in [9.17, 15) is 5.11 Å². The van der Waals surface area contributed by atoms with Gasteiger partial charge >= 0.3 is 0 Å². The van der Waals surface area contributed by atoms with Gasteiger partial charge in [0.05, 0.1) is 6.10 Å². The number of ether oxygens (including phenoxy) is 1. The number of hydrogen-bond donors (Lipinski definition) is 1. The number of nitrogens with zero attached hydrogens (tertiary/aromatic N) is 2. The molecule has 3 aromatic rings. The molecule has 0 aromatic heterocycles. The van der Waals surface area contributed by atoms with Gasteiger partial charge in [0.15, 0.2) is 0 Å². The molecular weight excluding hydrogens is 420 g/mol. The first kappa shape index (κ1) is 24.6. The van der Waals surface area contributed by atoms with Gasteiger partial charge in [-0.05, 0) is 80.6 Å². The Bertz CT molecular complexity index is 1050. The van der Waals surface area contributed by atoms with Crippen LogP contribution in [0.4, 0.5) is 5.69 Å². The number of benzene rings is 3. The first-order valence-electron chi connectivity index (χ1n) is 12.8. The lowest BCUT2D eigenvalue weighted by molar-refractivity contribution is 0.142. The highest BCUT2D eigenvalue weighted by molar-refractivity contribution is 5.90. The molecular formula is C30H40N2O2. The van der Waals surface area contributed by atoms with Crippen LogP contribution in [0.15, 0.2) is 60.7 Å². The summed E-state index contributed by atoms with van der Waals surface area (Å²) in [5, 5.41) is 12.6. The Hall–Kier alpha value is -2.56. The molecule has 0 radical (unpaired) electrons. The Kier molecular flexibility index (Phi) is 8.12. The molecule has 0 aliphatic carbocycles. The van der Waals surface area contributed by atoms with E-state index in [1.54, 1.807) is 0 Å². The highest BCUT2D eigenvalue weighted by Crippen LogP contribution is 2.33. The van der Waals surface area contributed by atoms with Crippen LogP contribution in [0, 0.1) is 0 Å². The third kappa shape index (κ3) is 5.92. The van der Waals surface area contributed by atoms with Crippen LogP contribution in [0.5, 0.6) is 5.75 Å². The minimum atomic E-state index is -0.166. The molecule has 4 rings (SSSR count). The Morgan fingerprint density at radius 2 is 1.59 bits per heavy atom. The highest BCUT2D eigenvalue weighted by atomic mass is 16.5. The van der Waals surface area contributed by atoms with E-state index in [0.29, 0.717) is 18.7 Å². The van der Waals surface area contributed by atoms with Crippen molar-refractivity contribution in [1.29, 1.82) is 0 Å². The average Bonchev–Trinajstić information content (AvgIpc) is 2.83. The molecule has 0 bridgehead atoms. The van der Waals surface area contributed by atoms with Gasteiger partial charge in [-0.1, -0.05) is 42.5 Å². The highest BCUT2D eigenvalue weighted by Gasteiger charge is 2.20. The molecule has 0 atom stereocenters. The first-order chi connectivity index (χ1) is 16.4. The van der Waals surface area contributed by atoms with Gasteiger partial charge in [0.1, 0.15) is 12.4 Å². The fraction of sp³-hybridized carbons (Fsp3) is 0.467. The molecule has 1 N–H and O–H groups in total. The van der Waals surface area contributed by atoms with Crippen LogP contribution in [0.2, 0.25) is 0 Å². The topological polar surface area (TPSA) is 35.9 Å². The Labute approximate surface area is 205 Å². The zero-order valence-corrected chi connectivity index (χ0v) is 21.2. The molecule has 1 aliphatic rings. The van der Waals surface area contributed by atoms with E-state index in [-0.39, 0.29) is 6.10 Å². The standard InChI is InChI=1S/C30H40N2O2/c1-22(2)32(23(3)4)19-20-34-27-12-9-24(10-13-27)21-29-28-8-6-5-7-25(28)11-14-30(29)31-17-15-26(33)16-18-31/h5-14,22-23,26,33H,15-21H2,1-4H3. The number of aliphatic hydroxyl groups excluding tert-OH is 1. The summed E-state index contributed by atoms with van der Waals surface area (Å²) in [5.41, 5.74) is 3.95.